The van der Waals surface area contributed by atoms with Gasteiger partial charge in [0.25, 0.3) is 11.1 Å². The minimum Gasteiger partial charge on any atom is -0.352 e. The summed E-state index contributed by atoms with van der Waals surface area (Å²) in [5.41, 5.74) is 0.635. The van der Waals surface area contributed by atoms with Crippen LogP contribution in [0.2, 0.25) is 0 Å². The largest absolute Gasteiger partial charge is 0.352 e. The molecule has 0 unspecified atom stereocenters. The number of nitrogens with zero attached hydrogens (tertiary/aromatic N) is 3. The standard InChI is InChI=1S/C21H18FN5O2/c1-13(27-20(29)17-5-3-2-4-15(17)12-24-27)18-10-19(28)26-21(25-18)23-11-14-6-8-16(22)9-7-14/h2-10,12-13H,11H2,1H3,(H2,23,25,26,28)/t13-/m1/s1. The van der Waals surface area contributed by atoms with Crippen LogP contribution in [-0.2, 0) is 6.54 Å². The molecule has 1 atom stereocenters. The van der Waals surface area contributed by atoms with E-state index in [4.69, 9.17) is 0 Å². The molecular formula is C21H18FN5O2. The van der Waals surface area contributed by atoms with Gasteiger partial charge in [0, 0.05) is 18.0 Å². The van der Waals surface area contributed by atoms with Crippen molar-refractivity contribution in [2.75, 3.05) is 5.32 Å². The summed E-state index contributed by atoms with van der Waals surface area (Å²) in [5, 5.41) is 8.56. The molecule has 0 bridgehead atoms. The maximum atomic E-state index is 13.0. The Bertz CT molecular complexity index is 1280. The fourth-order valence-electron chi connectivity index (χ4n) is 3.07. The minimum atomic E-state index is -0.541. The third kappa shape index (κ3) is 3.91. The molecule has 0 saturated heterocycles. The number of hydrogen-bond donors (Lipinski definition) is 2. The lowest BCUT2D eigenvalue weighted by molar-refractivity contribution is 0.524. The van der Waals surface area contributed by atoms with Crippen LogP contribution in [0.1, 0.15) is 24.2 Å². The number of halogens is 1. The van der Waals surface area contributed by atoms with Gasteiger partial charge in [-0.25, -0.2) is 14.1 Å². The first-order valence-corrected chi connectivity index (χ1v) is 9.07. The van der Waals surface area contributed by atoms with Gasteiger partial charge >= 0.3 is 0 Å². The summed E-state index contributed by atoms with van der Waals surface area (Å²) >= 11 is 0. The average Bonchev–Trinajstić information content (AvgIpc) is 2.73. The van der Waals surface area contributed by atoms with Gasteiger partial charge in [-0.3, -0.25) is 14.6 Å². The third-order valence-electron chi connectivity index (χ3n) is 4.65. The summed E-state index contributed by atoms with van der Waals surface area (Å²) in [6.45, 7) is 2.12. The van der Waals surface area contributed by atoms with Crippen LogP contribution in [0, 0.1) is 5.82 Å². The summed E-state index contributed by atoms with van der Waals surface area (Å²) in [7, 11) is 0. The van der Waals surface area contributed by atoms with Gasteiger partial charge in [-0.2, -0.15) is 5.10 Å². The second-order valence-electron chi connectivity index (χ2n) is 6.66. The molecule has 4 rings (SSSR count). The molecule has 0 spiro atoms. The highest BCUT2D eigenvalue weighted by atomic mass is 19.1. The predicted octanol–water partition coefficient (Wildman–Crippen LogP) is 2.84. The van der Waals surface area contributed by atoms with Crippen molar-refractivity contribution in [2.24, 2.45) is 0 Å². The fraction of sp³-hybridized carbons (Fsp3) is 0.143. The summed E-state index contributed by atoms with van der Waals surface area (Å²) in [4.78, 5) is 31.9. The van der Waals surface area contributed by atoms with E-state index in [-0.39, 0.29) is 22.9 Å². The smallest absolute Gasteiger partial charge is 0.275 e. The number of benzene rings is 2. The van der Waals surface area contributed by atoms with Crippen molar-refractivity contribution in [1.82, 2.24) is 19.7 Å². The summed E-state index contributed by atoms with van der Waals surface area (Å²) in [6, 6.07) is 14.0. The van der Waals surface area contributed by atoms with Crippen molar-refractivity contribution in [1.29, 1.82) is 0 Å². The van der Waals surface area contributed by atoms with Crippen LogP contribution in [0.5, 0.6) is 0 Å². The van der Waals surface area contributed by atoms with Gasteiger partial charge in [0.05, 0.1) is 23.3 Å². The zero-order valence-electron chi connectivity index (χ0n) is 15.6. The first-order chi connectivity index (χ1) is 14.0. The van der Waals surface area contributed by atoms with E-state index in [1.807, 2.05) is 12.1 Å². The molecule has 0 radical (unpaired) electrons. The van der Waals surface area contributed by atoms with E-state index in [1.165, 1.54) is 22.9 Å². The Morgan fingerprint density at radius 2 is 1.90 bits per heavy atom. The Hall–Kier alpha value is -3.81. The van der Waals surface area contributed by atoms with Gasteiger partial charge < -0.3 is 5.32 Å². The van der Waals surface area contributed by atoms with Crippen LogP contribution in [0.3, 0.4) is 0 Å². The Labute approximate surface area is 164 Å². The van der Waals surface area contributed by atoms with Crippen LogP contribution in [-0.4, -0.2) is 19.7 Å². The molecule has 4 aromatic rings. The van der Waals surface area contributed by atoms with E-state index in [1.54, 1.807) is 37.4 Å². The zero-order chi connectivity index (χ0) is 20.4. The lowest BCUT2D eigenvalue weighted by atomic mass is 10.2. The molecule has 2 aromatic carbocycles. The van der Waals surface area contributed by atoms with Crippen molar-refractivity contribution in [3.63, 3.8) is 0 Å². The Kier molecular flexibility index (Phi) is 4.90. The highest BCUT2D eigenvalue weighted by Gasteiger charge is 2.15. The molecule has 0 aliphatic rings. The molecule has 2 aromatic heterocycles. The van der Waals surface area contributed by atoms with Gasteiger partial charge in [0.2, 0.25) is 5.95 Å². The summed E-state index contributed by atoms with van der Waals surface area (Å²) < 4.78 is 14.3. The summed E-state index contributed by atoms with van der Waals surface area (Å²) in [5.74, 6) is -0.0538. The molecule has 2 N–H and O–H groups in total. The van der Waals surface area contributed by atoms with E-state index in [9.17, 15) is 14.0 Å². The van der Waals surface area contributed by atoms with Crippen LogP contribution in [0.15, 0.2) is 70.4 Å². The van der Waals surface area contributed by atoms with E-state index in [2.05, 4.69) is 20.4 Å². The van der Waals surface area contributed by atoms with Crippen LogP contribution in [0.25, 0.3) is 10.8 Å². The first-order valence-electron chi connectivity index (χ1n) is 9.07. The minimum absolute atomic E-state index is 0.251. The maximum Gasteiger partial charge on any atom is 0.275 e. The monoisotopic (exact) mass is 391 g/mol. The SMILES string of the molecule is C[C@H](c1cc(=O)[nH]c(NCc2ccc(F)cc2)n1)n1ncc2ccccc2c1=O. The van der Waals surface area contributed by atoms with Crippen LogP contribution >= 0.6 is 0 Å². The van der Waals surface area contributed by atoms with Crippen molar-refractivity contribution in [3.05, 3.63) is 98.6 Å². The van der Waals surface area contributed by atoms with Crippen molar-refractivity contribution < 1.29 is 4.39 Å². The molecule has 0 fully saturated rings. The van der Waals surface area contributed by atoms with E-state index >= 15 is 0 Å². The molecule has 2 heterocycles. The highest BCUT2D eigenvalue weighted by Crippen LogP contribution is 2.15. The van der Waals surface area contributed by atoms with Gasteiger partial charge in [0.15, 0.2) is 0 Å². The Morgan fingerprint density at radius 1 is 1.14 bits per heavy atom. The molecule has 0 aliphatic carbocycles. The number of aromatic amines is 1. The lowest BCUT2D eigenvalue weighted by Gasteiger charge is -2.15. The molecule has 29 heavy (non-hydrogen) atoms. The van der Waals surface area contributed by atoms with Gasteiger partial charge in [-0.05, 0) is 30.7 Å². The van der Waals surface area contributed by atoms with Crippen molar-refractivity contribution >= 4 is 16.7 Å². The Balaban J connectivity index is 1.63. The van der Waals surface area contributed by atoms with E-state index in [0.717, 1.165) is 10.9 Å². The van der Waals surface area contributed by atoms with Crippen LogP contribution in [0.4, 0.5) is 10.3 Å². The number of H-pyrrole nitrogens is 1. The number of anilines is 1. The Morgan fingerprint density at radius 3 is 2.69 bits per heavy atom. The maximum absolute atomic E-state index is 13.0. The molecule has 0 saturated carbocycles. The normalized spacial score (nSPS) is 12.1. The number of nitrogens with one attached hydrogen (secondary N) is 2. The van der Waals surface area contributed by atoms with Crippen molar-refractivity contribution in [3.8, 4) is 0 Å². The number of aromatic nitrogens is 4. The van der Waals surface area contributed by atoms with Gasteiger partial charge in [0.1, 0.15) is 5.82 Å². The molecule has 7 nitrogen and oxygen atoms in total. The fourth-order valence-corrected chi connectivity index (χ4v) is 3.07. The van der Waals surface area contributed by atoms with Gasteiger partial charge in [-0.15, -0.1) is 0 Å². The first kappa shape index (κ1) is 18.5. The highest BCUT2D eigenvalue weighted by molar-refractivity contribution is 5.80. The van der Waals surface area contributed by atoms with E-state index in [0.29, 0.717) is 17.6 Å². The molecule has 0 amide bonds. The molecular weight excluding hydrogens is 373 g/mol. The van der Waals surface area contributed by atoms with Crippen LogP contribution < -0.4 is 16.4 Å². The molecule has 146 valence electrons. The summed E-state index contributed by atoms with van der Waals surface area (Å²) in [6.07, 6.45) is 1.62. The van der Waals surface area contributed by atoms with Crippen molar-refractivity contribution in [2.45, 2.75) is 19.5 Å². The number of fused-ring (bicyclic) bond motifs is 1. The third-order valence-corrected chi connectivity index (χ3v) is 4.65. The number of hydrogen-bond acceptors (Lipinski definition) is 5. The second kappa shape index (κ2) is 7.67. The van der Waals surface area contributed by atoms with E-state index < -0.39 is 6.04 Å². The van der Waals surface area contributed by atoms with Gasteiger partial charge in [-0.1, -0.05) is 30.3 Å². The second-order valence-corrected chi connectivity index (χ2v) is 6.66. The topological polar surface area (TPSA) is 92.7 Å². The average molecular weight is 391 g/mol. The molecule has 0 aliphatic heterocycles. The predicted molar refractivity (Wildman–Crippen MR) is 108 cm³/mol. The lowest BCUT2D eigenvalue weighted by Crippen LogP contribution is -2.28. The quantitative estimate of drug-likeness (QED) is 0.546. The number of rotatable bonds is 5. The zero-order valence-corrected chi connectivity index (χ0v) is 15.6. The molecule has 8 heteroatoms.